The Morgan fingerprint density at radius 1 is 1.47 bits per heavy atom. The van der Waals surface area contributed by atoms with Crippen molar-refractivity contribution in [3.05, 3.63) is 11.8 Å². The molecular weight excluding hydrogens is 194 g/mol. The standard InChI is InChI=1S/C11H15NO3/c1-8(13)9-2-4-12(5-3-9)10-6-11(14)15-7-10/h6,9H,2-5,7H2,1H3. The van der Waals surface area contributed by atoms with Crippen LogP contribution >= 0.6 is 0 Å². The lowest BCUT2D eigenvalue weighted by Crippen LogP contribution is -2.35. The smallest absolute Gasteiger partial charge is 0.333 e. The summed E-state index contributed by atoms with van der Waals surface area (Å²) in [6.07, 6.45) is 3.33. The van der Waals surface area contributed by atoms with Crippen molar-refractivity contribution in [2.24, 2.45) is 5.92 Å². The van der Waals surface area contributed by atoms with Crippen LogP contribution in [0.5, 0.6) is 0 Å². The maximum absolute atomic E-state index is 11.2. The Morgan fingerprint density at radius 3 is 2.60 bits per heavy atom. The number of piperidine rings is 1. The van der Waals surface area contributed by atoms with Crippen LogP contribution in [-0.4, -0.2) is 36.3 Å². The lowest BCUT2D eigenvalue weighted by Gasteiger charge is -2.32. The zero-order valence-electron chi connectivity index (χ0n) is 8.86. The predicted molar refractivity (Wildman–Crippen MR) is 54.0 cm³/mol. The number of hydrogen-bond acceptors (Lipinski definition) is 4. The molecule has 0 spiro atoms. The van der Waals surface area contributed by atoms with E-state index >= 15 is 0 Å². The van der Waals surface area contributed by atoms with Crippen LogP contribution in [0.4, 0.5) is 0 Å². The second-order valence-corrected chi connectivity index (χ2v) is 4.12. The van der Waals surface area contributed by atoms with Gasteiger partial charge in [-0.2, -0.15) is 0 Å². The van der Waals surface area contributed by atoms with Gasteiger partial charge in [-0.1, -0.05) is 0 Å². The van der Waals surface area contributed by atoms with Gasteiger partial charge in [0.15, 0.2) is 0 Å². The first-order chi connectivity index (χ1) is 7.16. The molecule has 2 heterocycles. The Morgan fingerprint density at radius 2 is 2.13 bits per heavy atom. The van der Waals surface area contributed by atoms with E-state index in [-0.39, 0.29) is 17.7 Å². The van der Waals surface area contributed by atoms with Crippen molar-refractivity contribution in [1.82, 2.24) is 4.90 Å². The first-order valence-corrected chi connectivity index (χ1v) is 5.29. The molecule has 0 radical (unpaired) electrons. The Balaban J connectivity index is 1.91. The van der Waals surface area contributed by atoms with Crippen LogP contribution in [0.2, 0.25) is 0 Å². The monoisotopic (exact) mass is 209 g/mol. The highest BCUT2D eigenvalue weighted by Crippen LogP contribution is 2.22. The average molecular weight is 209 g/mol. The van der Waals surface area contributed by atoms with E-state index in [9.17, 15) is 9.59 Å². The van der Waals surface area contributed by atoms with E-state index in [4.69, 9.17) is 4.74 Å². The number of carbonyl (C=O) groups excluding carboxylic acids is 2. The Bertz CT molecular complexity index is 314. The first kappa shape index (κ1) is 10.2. The van der Waals surface area contributed by atoms with Crippen LogP contribution in [0, 0.1) is 5.92 Å². The van der Waals surface area contributed by atoms with E-state index in [1.54, 1.807) is 13.0 Å². The van der Waals surface area contributed by atoms with Crippen molar-refractivity contribution in [2.45, 2.75) is 19.8 Å². The van der Waals surface area contributed by atoms with Gasteiger partial charge >= 0.3 is 5.97 Å². The fourth-order valence-electron chi connectivity index (χ4n) is 2.12. The molecule has 0 N–H and O–H groups in total. The van der Waals surface area contributed by atoms with Crippen LogP contribution in [0.3, 0.4) is 0 Å². The largest absolute Gasteiger partial charge is 0.456 e. The van der Waals surface area contributed by atoms with Crippen LogP contribution < -0.4 is 0 Å². The minimum absolute atomic E-state index is 0.208. The third kappa shape index (κ3) is 2.19. The van der Waals surface area contributed by atoms with Crippen LogP contribution in [0.1, 0.15) is 19.8 Å². The molecule has 82 valence electrons. The molecule has 0 aliphatic carbocycles. The van der Waals surface area contributed by atoms with E-state index in [0.29, 0.717) is 6.61 Å². The number of hydrogen-bond donors (Lipinski definition) is 0. The molecule has 0 unspecified atom stereocenters. The van der Waals surface area contributed by atoms with Gasteiger partial charge in [0.05, 0.1) is 5.70 Å². The van der Waals surface area contributed by atoms with Gasteiger partial charge in [0, 0.05) is 25.1 Å². The van der Waals surface area contributed by atoms with Crippen molar-refractivity contribution in [3.63, 3.8) is 0 Å². The quantitative estimate of drug-likeness (QED) is 0.629. The molecule has 0 amide bonds. The topological polar surface area (TPSA) is 46.6 Å². The Hall–Kier alpha value is -1.32. The summed E-state index contributed by atoms with van der Waals surface area (Å²) in [5, 5.41) is 0. The predicted octanol–water partition coefficient (Wildman–Crippen LogP) is 0.728. The molecule has 1 saturated heterocycles. The third-order valence-corrected chi connectivity index (χ3v) is 3.12. The van der Waals surface area contributed by atoms with Crippen molar-refractivity contribution < 1.29 is 14.3 Å². The summed E-state index contributed by atoms with van der Waals surface area (Å²) in [6, 6.07) is 0. The maximum atomic E-state index is 11.2. The Labute approximate surface area is 88.9 Å². The summed E-state index contributed by atoms with van der Waals surface area (Å²) in [6.45, 7) is 3.75. The van der Waals surface area contributed by atoms with Gasteiger partial charge in [0.25, 0.3) is 0 Å². The zero-order chi connectivity index (χ0) is 10.8. The normalized spacial score (nSPS) is 22.6. The van der Waals surface area contributed by atoms with Crippen molar-refractivity contribution in [3.8, 4) is 0 Å². The third-order valence-electron chi connectivity index (χ3n) is 3.12. The SMILES string of the molecule is CC(=O)C1CCN(C2=CC(=O)OC2)CC1. The van der Waals surface area contributed by atoms with E-state index in [1.165, 1.54) is 0 Å². The molecule has 2 aliphatic rings. The number of nitrogens with zero attached hydrogens (tertiary/aromatic N) is 1. The minimum Gasteiger partial charge on any atom is -0.456 e. The lowest BCUT2D eigenvalue weighted by molar-refractivity contribution is -0.135. The van der Waals surface area contributed by atoms with Gasteiger partial charge in [0.2, 0.25) is 0 Å². The zero-order valence-corrected chi connectivity index (χ0v) is 8.86. The molecule has 4 heteroatoms. The van der Waals surface area contributed by atoms with E-state index in [1.807, 2.05) is 0 Å². The van der Waals surface area contributed by atoms with Gasteiger partial charge < -0.3 is 9.64 Å². The number of ketones is 1. The van der Waals surface area contributed by atoms with Gasteiger partial charge in [-0.25, -0.2) is 4.79 Å². The van der Waals surface area contributed by atoms with Gasteiger partial charge in [0.1, 0.15) is 12.4 Å². The number of rotatable bonds is 2. The van der Waals surface area contributed by atoms with E-state index in [2.05, 4.69) is 4.90 Å². The molecule has 4 nitrogen and oxygen atoms in total. The summed E-state index contributed by atoms with van der Waals surface area (Å²) in [5.74, 6) is 0.237. The minimum atomic E-state index is -0.251. The van der Waals surface area contributed by atoms with Crippen molar-refractivity contribution >= 4 is 11.8 Å². The molecule has 0 atom stereocenters. The molecule has 0 aromatic heterocycles. The van der Waals surface area contributed by atoms with Gasteiger partial charge in [-0.15, -0.1) is 0 Å². The Kier molecular flexibility index (Phi) is 2.75. The van der Waals surface area contributed by atoms with Gasteiger partial charge in [-0.05, 0) is 19.8 Å². The molecule has 1 fully saturated rings. The highest BCUT2D eigenvalue weighted by molar-refractivity contribution is 5.85. The van der Waals surface area contributed by atoms with Crippen molar-refractivity contribution in [1.29, 1.82) is 0 Å². The maximum Gasteiger partial charge on any atom is 0.333 e. The first-order valence-electron chi connectivity index (χ1n) is 5.29. The summed E-state index contributed by atoms with van der Waals surface area (Å²) in [7, 11) is 0. The van der Waals surface area contributed by atoms with Crippen LogP contribution in [0.25, 0.3) is 0 Å². The number of Topliss-reactive ketones (excluding diaryl/α,β-unsaturated/α-hetero) is 1. The number of cyclic esters (lactones) is 1. The number of likely N-dealkylation sites (tertiary alicyclic amines) is 1. The van der Waals surface area contributed by atoms with Crippen LogP contribution in [-0.2, 0) is 14.3 Å². The second kappa shape index (κ2) is 4.04. The average Bonchev–Trinajstić information content (AvgIpc) is 2.65. The molecule has 0 aromatic carbocycles. The fraction of sp³-hybridized carbons (Fsp3) is 0.636. The van der Waals surface area contributed by atoms with E-state index < -0.39 is 0 Å². The second-order valence-electron chi connectivity index (χ2n) is 4.12. The highest BCUT2D eigenvalue weighted by Gasteiger charge is 2.26. The highest BCUT2D eigenvalue weighted by atomic mass is 16.5. The molecular formula is C11H15NO3. The van der Waals surface area contributed by atoms with Crippen molar-refractivity contribution in [2.75, 3.05) is 19.7 Å². The number of carbonyl (C=O) groups is 2. The van der Waals surface area contributed by atoms with Gasteiger partial charge in [-0.3, -0.25) is 4.79 Å². The number of esters is 1. The van der Waals surface area contributed by atoms with Crippen LogP contribution in [0.15, 0.2) is 11.8 Å². The molecule has 2 aliphatic heterocycles. The van der Waals surface area contributed by atoms with E-state index in [0.717, 1.165) is 31.6 Å². The molecule has 15 heavy (non-hydrogen) atoms. The summed E-state index contributed by atoms with van der Waals surface area (Å²) in [5.41, 5.74) is 0.960. The lowest BCUT2D eigenvalue weighted by atomic mass is 9.93. The molecule has 2 rings (SSSR count). The summed E-state index contributed by atoms with van der Waals surface area (Å²) in [4.78, 5) is 24.2. The molecule has 0 saturated carbocycles. The fourth-order valence-corrected chi connectivity index (χ4v) is 2.12. The number of ether oxygens (including phenoxy) is 1. The summed E-state index contributed by atoms with van der Waals surface area (Å²) < 4.78 is 4.85. The molecule has 0 aromatic rings. The molecule has 0 bridgehead atoms. The summed E-state index contributed by atoms with van der Waals surface area (Å²) >= 11 is 0.